The summed E-state index contributed by atoms with van der Waals surface area (Å²) in [6, 6.07) is 10.4. The van der Waals surface area contributed by atoms with Crippen molar-refractivity contribution in [2.45, 2.75) is 0 Å². The van der Waals surface area contributed by atoms with E-state index in [0.29, 0.717) is 17.4 Å². The molecule has 0 aromatic heterocycles. The number of carbonyl (C=O) groups is 1. The van der Waals surface area contributed by atoms with Gasteiger partial charge in [0.15, 0.2) is 6.29 Å². The highest BCUT2D eigenvalue weighted by Gasteiger charge is 1.95. The van der Waals surface area contributed by atoms with Crippen molar-refractivity contribution >= 4 is 12.4 Å². The molecule has 0 radical (unpaired) electrons. The Bertz CT molecular complexity index is 461. The number of carbonyl (C=O) groups excluding carboxylic acids is 1. The lowest BCUT2D eigenvalue weighted by atomic mass is 10.1. The third kappa shape index (κ3) is 2.30. The highest BCUT2D eigenvalue weighted by Crippen LogP contribution is 2.07. The summed E-state index contributed by atoms with van der Waals surface area (Å²) in [5, 5.41) is 17.1. The summed E-state index contributed by atoms with van der Waals surface area (Å²) in [5.41, 5.74) is 1.22. The molecule has 0 atom stereocenters. The molecule has 0 saturated heterocycles. The normalized spacial score (nSPS) is 10.0. The molecule has 0 aliphatic heterocycles. The number of allylic oxidation sites excluding steroid dienone is 1. The predicted molar refractivity (Wildman–Crippen MR) is 50.8 cm³/mol. The van der Waals surface area contributed by atoms with Gasteiger partial charge in [0.2, 0.25) is 0 Å². The van der Waals surface area contributed by atoms with Crippen LogP contribution in [0.5, 0.6) is 0 Å². The van der Waals surface area contributed by atoms with E-state index in [2.05, 4.69) is 0 Å². The van der Waals surface area contributed by atoms with Crippen LogP contribution in [0.2, 0.25) is 0 Å². The van der Waals surface area contributed by atoms with Crippen molar-refractivity contribution in [1.29, 1.82) is 10.5 Å². The van der Waals surface area contributed by atoms with E-state index in [1.165, 1.54) is 6.08 Å². The first-order chi connectivity index (χ1) is 6.80. The van der Waals surface area contributed by atoms with Gasteiger partial charge in [0.05, 0.1) is 17.2 Å². The summed E-state index contributed by atoms with van der Waals surface area (Å²) >= 11 is 0. The Morgan fingerprint density at radius 3 is 2.71 bits per heavy atom. The van der Waals surface area contributed by atoms with Crippen molar-refractivity contribution in [3.63, 3.8) is 0 Å². The molecule has 1 aromatic carbocycles. The lowest BCUT2D eigenvalue weighted by molar-refractivity contribution is -0.104. The third-order valence-electron chi connectivity index (χ3n) is 1.59. The number of benzene rings is 1. The van der Waals surface area contributed by atoms with Crippen molar-refractivity contribution in [3.8, 4) is 12.1 Å². The Balaban J connectivity index is 3.11. The fourth-order valence-corrected chi connectivity index (χ4v) is 0.970. The van der Waals surface area contributed by atoms with Crippen LogP contribution in [0.4, 0.5) is 0 Å². The van der Waals surface area contributed by atoms with Gasteiger partial charge in [0.25, 0.3) is 0 Å². The average molecular weight is 182 g/mol. The molecule has 0 bridgehead atoms. The fourth-order valence-electron chi connectivity index (χ4n) is 0.970. The quantitative estimate of drug-likeness (QED) is 0.397. The zero-order valence-corrected chi connectivity index (χ0v) is 7.27. The summed E-state index contributed by atoms with van der Waals surface area (Å²) < 4.78 is 0. The second-order valence-corrected chi connectivity index (χ2v) is 2.57. The monoisotopic (exact) mass is 182 g/mol. The van der Waals surface area contributed by atoms with Gasteiger partial charge in [-0.15, -0.1) is 0 Å². The Morgan fingerprint density at radius 2 is 2.14 bits per heavy atom. The number of hydrogen-bond donors (Lipinski definition) is 0. The van der Waals surface area contributed by atoms with Crippen molar-refractivity contribution in [2.75, 3.05) is 0 Å². The zero-order chi connectivity index (χ0) is 10.4. The van der Waals surface area contributed by atoms with E-state index in [9.17, 15) is 4.79 Å². The summed E-state index contributed by atoms with van der Waals surface area (Å²) in [6.07, 6.45) is 1.92. The van der Waals surface area contributed by atoms with Crippen molar-refractivity contribution in [2.24, 2.45) is 0 Å². The number of nitriles is 2. The number of aldehydes is 1. The van der Waals surface area contributed by atoms with Gasteiger partial charge in [-0.2, -0.15) is 10.5 Å². The van der Waals surface area contributed by atoms with E-state index >= 15 is 0 Å². The van der Waals surface area contributed by atoms with Crippen LogP contribution in [0.1, 0.15) is 11.1 Å². The van der Waals surface area contributed by atoms with Crippen LogP contribution >= 0.6 is 0 Å². The van der Waals surface area contributed by atoms with E-state index in [4.69, 9.17) is 10.5 Å². The molecule has 1 aromatic rings. The molecule has 0 unspecified atom stereocenters. The third-order valence-corrected chi connectivity index (χ3v) is 1.59. The lowest BCUT2D eigenvalue weighted by Gasteiger charge is -1.93. The Kier molecular flexibility index (Phi) is 3.18. The smallest absolute Gasteiger partial charge is 0.160 e. The first kappa shape index (κ1) is 9.70. The lowest BCUT2D eigenvalue weighted by Crippen LogP contribution is -1.81. The van der Waals surface area contributed by atoms with Gasteiger partial charge in [0.1, 0.15) is 6.07 Å². The predicted octanol–water partition coefficient (Wildman–Crippen LogP) is 1.66. The molecule has 14 heavy (non-hydrogen) atoms. The molecule has 0 fully saturated rings. The molecular weight excluding hydrogens is 176 g/mol. The number of hydrogen-bond acceptors (Lipinski definition) is 3. The minimum Gasteiger partial charge on any atom is -0.297 e. The highest BCUT2D eigenvalue weighted by atomic mass is 16.1. The molecule has 3 heteroatoms. The van der Waals surface area contributed by atoms with Crippen molar-refractivity contribution in [3.05, 3.63) is 41.0 Å². The van der Waals surface area contributed by atoms with Crippen LogP contribution in [0.15, 0.2) is 29.8 Å². The Labute approximate surface area is 81.5 Å². The maximum absolute atomic E-state index is 10.3. The van der Waals surface area contributed by atoms with E-state index in [-0.39, 0.29) is 5.57 Å². The van der Waals surface area contributed by atoms with Crippen molar-refractivity contribution < 1.29 is 4.79 Å². The maximum atomic E-state index is 10.3. The van der Waals surface area contributed by atoms with E-state index in [0.717, 1.165) is 0 Å². The van der Waals surface area contributed by atoms with E-state index in [1.54, 1.807) is 30.3 Å². The first-order valence-electron chi connectivity index (χ1n) is 3.87. The van der Waals surface area contributed by atoms with Crippen LogP contribution in [0.25, 0.3) is 6.08 Å². The van der Waals surface area contributed by atoms with E-state index < -0.39 is 0 Å². The highest BCUT2D eigenvalue weighted by molar-refractivity contribution is 5.86. The minimum atomic E-state index is 0.0417. The van der Waals surface area contributed by atoms with Gasteiger partial charge in [-0.3, -0.25) is 4.79 Å². The SMILES string of the molecule is N#CC(C=O)=Cc1cccc(C#N)c1. The van der Waals surface area contributed by atoms with Gasteiger partial charge < -0.3 is 0 Å². The number of nitrogens with zero attached hydrogens (tertiary/aromatic N) is 2. The molecule has 1 rings (SSSR count). The standard InChI is InChI=1S/C11H6N2O/c12-6-10-3-1-2-9(4-10)5-11(7-13)8-14/h1-5,8H. The maximum Gasteiger partial charge on any atom is 0.160 e. The van der Waals surface area contributed by atoms with Gasteiger partial charge >= 0.3 is 0 Å². The molecule has 0 aliphatic rings. The van der Waals surface area contributed by atoms with Crippen LogP contribution in [0, 0.1) is 22.7 Å². The second kappa shape index (κ2) is 4.59. The van der Waals surface area contributed by atoms with Crippen LogP contribution in [-0.2, 0) is 4.79 Å². The molecule has 0 aliphatic carbocycles. The van der Waals surface area contributed by atoms with Crippen LogP contribution < -0.4 is 0 Å². The summed E-state index contributed by atoms with van der Waals surface area (Å²) in [5.74, 6) is 0. The molecule has 66 valence electrons. The molecule has 0 saturated carbocycles. The van der Waals surface area contributed by atoms with Gasteiger partial charge in [-0.1, -0.05) is 12.1 Å². The van der Waals surface area contributed by atoms with E-state index in [1.807, 2.05) is 6.07 Å². The topological polar surface area (TPSA) is 64.7 Å². The molecular formula is C11H6N2O. The summed E-state index contributed by atoms with van der Waals surface area (Å²) in [7, 11) is 0. The van der Waals surface area contributed by atoms with Gasteiger partial charge in [-0.05, 0) is 23.8 Å². The largest absolute Gasteiger partial charge is 0.297 e. The molecule has 0 amide bonds. The molecule has 0 N–H and O–H groups in total. The summed E-state index contributed by atoms with van der Waals surface area (Å²) in [4.78, 5) is 10.3. The number of rotatable bonds is 2. The molecule has 0 spiro atoms. The minimum absolute atomic E-state index is 0.0417. The van der Waals surface area contributed by atoms with Crippen LogP contribution in [0.3, 0.4) is 0 Å². The first-order valence-corrected chi connectivity index (χ1v) is 3.87. The van der Waals surface area contributed by atoms with Gasteiger partial charge in [-0.25, -0.2) is 0 Å². The second-order valence-electron chi connectivity index (χ2n) is 2.57. The molecule has 0 heterocycles. The van der Waals surface area contributed by atoms with Gasteiger partial charge in [0, 0.05) is 0 Å². The van der Waals surface area contributed by atoms with Crippen LogP contribution in [-0.4, -0.2) is 6.29 Å². The fraction of sp³-hybridized carbons (Fsp3) is 0. The Morgan fingerprint density at radius 1 is 1.36 bits per heavy atom. The average Bonchev–Trinajstić information content (AvgIpc) is 2.26. The van der Waals surface area contributed by atoms with Crippen molar-refractivity contribution in [1.82, 2.24) is 0 Å². The molecule has 3 nitrogen and oxygen atoms in total. The Hall–Kier alpha value is -2.39. The zero-order valence-electron chi connectivity index (χ0n) is 7.27. The summed E-state index contributed by atoms with van der Waals surface area (Å²) in [6.45, 7) is 0.